The van der Waals surface area contributed by atoms with Crippen LogP contribution < -0.4 is 10.5 Å². The van der Waals surface area contributed by atoms with Gasteiger partial charge in [-0.2, -0.15) is 0 Å². The van der Waals surface area contributed by atoms with Crippen molar-refractivity contribution in [2.45, 2.75) is 17.7 Å². The lowest BCUT2D eigenvalue weighted by Crippen LogP contribution is -2.26. The summed E-state index contributed by atoms with van der Waals surface area (Å²) >= 11 is 1.81. The third-order valence-electron chi connectivity index (χ3n) is 2.37. The van der Waals surface area contributed by atoms with Crippen LogP contribution in [0.3, 0.4) is 0 Å². The molecule has 0 fully saturated rings. The Kier molecular flexibility index (Phi) is 5.89. The SMILES string of the molecule is NC(=O)CCCNS(=O)(=O)c1ccc(I)c(C(=O)O)c1. The fourth-order valence-corrected chi connectivity index (χ4v) is 3.05. The second-order valence-electron chi connectivity index (χ2n) is 3.91. The standard InChI is InChI=1S/C11H13IN2O5S/c12-9-4-3-7(6-8(9)11(16)17)20(18,19)14-5-1-2-10(13)15/h3-4,6,14H,1-2,5H2,(H2,13,15)(H,16,17). The van der Waals surface area contributed by atoms with Crippen molar-refractivity contribution >= 4 is 44.5 Å². The van der Waals surface area contributed by atoms with Crippen LogP contribution in [0.5, 0.6) is 0 Å². The van der Waals surface area contributed by atoms with E-state index in [-0.39, 0.29) is 29.8 Å². The molecule has 1 aromatic rings. The number of nitrogens with one attached hydrogen (secondary N) is 1. The first kappa shape index (κ1) is 16.9. The third-order valence-corrected chi connectivity index (χ3v) is 4.77. The van der Waals surface area contributed by atoms with Crippen LogP contribution in [0.4, 0.5) is 0 Å². The summed E-state index contributed by atoms with van der Waals surface area (Å²) in [4.78, 5) is 21.4. The Hall–Kier alpha value is -1.20. The molecule has 0 aliphatic carbocycles. The fourth-order valence-electron chi connectivity index (χ4n) is 1.39. The number of benzene rings is 1. The number of carbonyl (C=O) groups is 2. The highest BCUT2D eigenvalue weighted by Crippen LogP contribution is 2.18. The second-order valence-corrected chi connectivity index (χ2v) is 6.84. The highest BCUT2D eigenvalue weighted by atomic mass is 127. The normalized spacial score (nSPS) is 11.2. The molecule has 1 amide bonds. The summed E-state index contributed by atoms with van der Waals surface area (Å²) in [5.41, 5.74) is 4.86. The molecule has 0 aromatic heterocycles. The Morgan fingerprint density at radius 2 is 2.00 bits per heavy atom. The van der Waals surface area contributed by atoms with Gasteiger partial charge in [-0.05, 0) is 47.2 Å². The van der Waals surface area contributed by atoms with Crippen molar-refractivity contribution in [1.29, 1.82) is 0 Å². The van der Waals surface area contributed by atoms with Crippen molar-refractivity contribution in [3.05, 3.63) is 27.3 Å². The number of carboxylic acids is 1. The molecule has 0 heterocycles. The molecule has 0 radical (unpaired) electrons. The van der Waals surface area contributed by atoms with Gasteiger partial charge in [-0.3, -0.25) is 4.79 Å². The Morgan fingerprint density at radius 3 is 2.55 bits per heavy atom. The first-order chi connectivity index (χ1) is 9.24. The largest absolute Gasteiger partial charge is 0.478 e. The maximum absolute atomic E-state index is 11.9. The number of carbonyl (C=O) groups excluding carboxylic acids is 1. The lowest BCUT2D eigenvalue weighted by atomic mass is 10.2. The number of carboxylic acid groups (broad SMARTS) is 1. The van der Waals surface area contributed by atoms with Crippen molar-refractivity contribution in [1.82, 2.24) is 4.72 Å². The molecule has 20 heavy (non-hydrogen) atoms. The molecular formula is C11H13IN2O5S. The number of sulfonamides is 1. The molecule has 0 saturated heterocycles. The molecular weight excluding hydrogens is 399 g/mol. The Bertz CT molecular complexity index is 630. The van der Waals surface area contributed by atoms with E-state index in [4.69, 9.17) is 10.8 Å². The molecule has 0 aliphatic heterocycles. The summed E-state index contributed by atoms with van der Waals surface area (Å²) in [6.07, 6.45) is 0.361. The van der Waals surface area contributed by atoms with Crippen molar-refractivity contribution in [3.8, 4) is 0 Å². The van der Waals surface area contributed by atoms with Gasteiger partial charge >= 0.3 is 5.97 Å². The van der Waals surface area contributed by atoms with Crippen molar-refractivity contribution in [2.75, 3.05) is 6.54 Å². The zero-order valence-electron chi connectivity index (χ0n) is 10.3. The fraction of sp³-hybridized carbons (Fsp3) is 0.273. The summed E-state index contributed by atoms with van der Waals surface area (Å²) in [6, 6.07) is 3.84. The highest BCUT2D eigenvalue weighted by molar-refractivity contribution is 14.1. The molecule has 0 bridgehead atoms. The number of nitrogens with two attached hydrogens (primary N) is 1. The van der Waals surface area contributed by atoms with Gasteiger partial charge in [0.05, 0.1) is 10.5 Å². The van der Waals surface area contributed by atoms with E-state index in [9.17, 15) is 18.0 Å². The van der Waals surface area contributed by atoms with Crippen LogP contribution in [0, 0.1) is 3.57 Å². The summed E-state index contributed by atoms with van der Waals surface area (Å²) in [5.74, 6) is -1.70. The minimum Gasteiger partial charge on any atom is -0.478 e. The number of hydrogen-bond acceptors (Lipinski definition) is 4. The van der Waals surface area contributed by atoms with Gasteiger partial charge in [0.1, 0.15) is 0 Å². The minimum absolute atomic E-state index is 0.0552. The first-order valence-electron chi connectivity index (χ1n) is 5.55. The van der Waals surface area contributed by atoms with E-state index in [1.54, 1.807) is 0 Å². The number of aromatic carboxylic acids is 1. The van der Waals surface area contributed by atoms with Gasteiger partial charge in [0.2, 0.25) is 15.9 Å². The van der Waals surface area contributed by atoms with Crippen molar-refractivity contribution < 1.29 is 23.1 Å². The average molecular weight is 412 g/mol. The molecule has 110 valence electrons. The van der Waals surface area contributed by atoms with Gasteiger partial charge < -0.3 is 10.8 Å². The molecule has 0 spiro atoms. The van der Waals surface area contributed by atoms with Crippen LogP contribution in [0.2, 0.25) is 0 Å². The quantitative estimate of drug-likeness (QED) is 0.445. The predicted molar refractivity (Wildman–Crippen MR) is 79.7 cm³/mol. The molecule has 1 rings (SSSR count). The summed E-state index contributed by atoms with van der Waals surface area (Å²) < 4.78 is 26.6. The zero-order chi connectivity index (χ0) is 15.3. The van der Waals surface area contributed by atoms with E-state index in [1.807, 2.05) is 22.6 Å². The number of amides is 1. The van der Waals surface area contributed by atoms with Gasteiger partial charge in [-0.15, -0.1) is 0 Å². The molecule has 0 saturated carbocycles. The lowest BCUT2D eigenvalue weighted by Gasteiger charge is -2.08. The van der Waals surface area contributed by atoms with Crippen LogP contribution >= 0.6 is 22.6 Å². The summed E-state index contributed by atoms with van der Waals surface area (Å²) in [5, 5.41) is 8.96. The van der Waals surface area contributed by atoms with E-state index >= 15 is 0 Å². The average Bonchev–Trinajstić information content (AvgIpc) is 2.34. The zero-order valence-corrected chi connectivity index (χ0v) is 13.3. The number of hydrogen-bond donors (Lipinski definition) is 3. The van der Waals surface area contributed by atoms with Crippen LogP contribution in [-0.4, -0.2) is 31.9 Å². The van der Waals surface area contributed by atoms with Gasteiger partial charge in [0, 0.05) is 16.5 Å². The Labute approximate surface area is 129 Å². The van der Waals surface area contributed by atoms with E-state index in [2.05, 4.69) is 4.72 Å². The number of halogens is 1. The van der Waals surface area contributed by atoms with Crippen molar-refractivity contribution in [2.24, 2.45) is 5.73 Å². The van der Waals surface area contributed by atoms with Crippen LogP contribution in [0.25, 0.3) is 0 Å². The van der Waals surface area contributed by atoms with Gasteiger partial charge in [-0.25, -0.2) is 17.9 Å². The molecule has 0 atom stereocenters. The topological polar surface area (TPSA) is 127 Å². The van der Waals surface area contributed by atoms with E-state index < -0.39 is 21.9 Å². The van der Waals surface area contributed by atoms with Crippen molar-refractivity contribution in [3.63, 3.8) is 0 Å². The van der Waals surface area contributed by atoms with Crippen LogP contribution in [0.15, 0.2) is 23.1 Å². The second kappa shape index (κ2) is 6.99. The van der Waals surface area contributed by atoms with Gasteiger partial charge in [-0.1, -0.05) is 0 Å². The Balaban J connectivity index is 2.85. The third kappa shape index (κ3) is 4.72. The molecule has 1 aromatic carbocycles. The van der Waals surface area contributed by atoms with Crippen LogP contribution in [0.1, 0.15) is 23.2 Å². The van der Waals surface area contributed by atoms with E-state index in [0.717, 1.165) is 6.07 Å². The smallest absolute Gasteiger partial charge is 0.336 e. The van der Waals surface area contributed by atoms with Gasteiger partial charge in [0.15, 0.2) is 0 Å². The minimum atomic E-state index is -3.80. The van der Waals surface area contributed by atoms with E-state index in [1.165, 1.54) is 12.1 Å². The first-order valence-corrected chi connectivity index (χ1v) is 8.11. The maximum atomic E-state index is 11.9. The number of primary amides is 1. The lowest BCUT2D eigenvalue weighted by molar-refractivity contribution is -0.118. The molecule has 0 unspecified atom stereocenters. The summed E-state index contributed by atoms with van der Waals surface area (Å²) in [6.45, 7) is 0.0552. The molecule has 0 aliphatic rings. The monoisotopic (exact) mass is 412 g/mol. The van der Waals surface area contributed by atoms with Gasteiger partial charge in [0.25, 0.3) is 0 Å². The summed E-state index contributed by atoms with van der Waals surface area (Å²) in [7, 11) is -3.80. The maximum Gasteiger partial charge on any atom is 0.336 e. The Morgan fingerprint density at radius 1 is 1.35 bits per heavy atom. The molecule has 7 nitrogen and oxygen atoms in total. The number of rotatable bonds is 7. The molecule has 9 heteroatoms. The predicted octanol–water partition coefficient (Wildman–Crippen LogP) is 0.533. The molecule has 4 N–H and O–H groups in total. The van der Waals surface area contributed by atoms with Crippen LogP contribution in [-0.2, 0) is 14.8 Å². The highest BCUT2D eigenvalue weighted by Gasteiger charge is 2.17. The van der Waals surface area contributed by atoms with E-state index in [0.29, 0.717) is 3.57 Å².